The highest BCUT2D eigenvalue weighted by molar-refractivity contribution is 5.87. The van der Waals surface area contributed by atoms with Crippen LogP contribution < -0.4 is 4.74 Å². The molecule has 0 saturated carbocycles. The molecule has 162 valence electrons. The van der Waals surface area contributed by atoms with Crippen LogP contribution in [0.5, 0.6) is 5.75 Å². The molecule has 3 atom stereocenters. The van der Waals surface area contributed by atoms with E-state index < -0.39 is 0 Å². The number of rotatable bonds is 2. The third kappa shape index (κ3) is 2.90. The topological polar surface area (TPSA) is 26.3 Å². The second-order valence-corrected chi connectivity index (χ2v) is 9.85. The smallest absolute Gasteiger partial charge is 0.315 e. The van der Waals surface area contributed by atoms with E-state index in [2.05, 4.69) is 66.7 Å². The molecule has 0 fully saturated rings. The van der Waals surface area contributed by atoms with Crippen molar-refractivity contribution in [1.82, 2.24) is 0 Å². The standard InChI is InChI=1S/C31H26O2/c32-31(33-29-15-7-11-19-8-3-4-12-22(19)29)28-18-26-23-13-5-6-14-24(23)30(28)27-17-21-10-2-1-9-20(21)16-25(26)27/h1-2,5-7,9-11,13-17,26,28,30H,3-4,8,12,18H2. The normalized spacial score (nSPS) is 22.4. The van der Waals surface area contributed by atoms with Gasteiger partial charge in [0.1, 0.15) is 5.75 Å². The zero-order valence-corrected chi connectivity index (χ0v) is 18.6. The first-order valence-electron chi connectivity index (χ1n) is 12.2. The molecule has 0 N–H and O–H groups in total. The SMILES string of the molecule is O=C(Oc1cccc2c1CCCC2)C1CC2c3ccccc3C1c1cc3ccccc3cc12. The van der Waals surface area contributed by atoms with Gasteiger partial charge >= 0.3 is 5.97 Å². The van der Waals surface area contributed by atoms with Crippen LogP contribution in [0.2, 0.25) is 0 Å². The second-order valence-electron chi connectivity index (χ2n) is 9.85. The van der Waals surface area contributed by atoms with Gasteiger partial charge in [0.15, 0.2) is 0 Å². The van der Waals surface area contributed by atoms with E-state index in [0.717, 1.165) is 25.0 Å². The van der Waals surface area contributed by atoms with E-state index in [1.165, 1.54) is 57.0 Å². The zero-order valence-electron chi connectivity index (χ0n) is 18.6. The van der Waals surface area contributed by atoms with Crippen LogP contribution in [0.4, 0.5) is 0 Å². The average Bonchev–Trinajstić information content (AvgIpc) is 2.87. The van der Waals surface area contributed by atoms with Gasteiger partial charge in [-0.15, -0.1) is 0 Å². The van der Waals surface area contributed by atoms with Crippen LogP contribution in [0, 0.1) is 5.92 Å². The maximum absolute atomic E-state index is 13.7. The summed E-state index contributed by atoms with van der Waals surface area (Å²) in [6, 6.07) is 28.1. The van der Waals surface area contributed by atoms with Crippen molar-refractivity contribution in [2.24, 2.45) is 5.92 Å². The summed E-state index contributed by atoms with van der Waals surface area (Å²) in [7, 11) is 0. The molecule has 2 bridgehead atoms. The molecule has 2 nitrogen and oxygen atoms in total. The first-order chi connectivity index (χ1) is 16.3. The highest BCUT2D eigenvalue weighted by atomic mass is 16.5. The highest BCUT2D eigenvalue weighted by Gasteiger charge is 2.47. The molecule has 4 aromatic rings. The van der Waals surface area contributed by atoms with Crippen molar-refractivity contribution in [2.75, 3.05) is 0 Å². The monoisotopic (exact) mass is 430 g/mol. The van der Waals surface area contributed by atoms with E-state index in [1.54, 1.807) is 0 Å². The van der Waals surface area contributed by atoms with Crippen molar-refractivity contribution in [3.05, 3.63) is 112 Å². The van der Waals surface area contributed by atoms with Crippen LogP contribution in [0.15, 0.2) is 78.9 Å². The number of carbonyl (C=O) groups is 1. The fraction of sp³-hybridized carbons (Fsp3) is 0.258. The lowest BCUT2D eigenvalue weighted by molar-refractivity contribution is -0.140. The molecule has 33 heavy (non-hydrogen) atoms. The Bertz CT molecular complexity index is 1420. The van der Waals surface area contributed by atoms with Crippen molar-refractivity contribution < 1.29 is 9.53 Å². The summed E-state index contributed by atoms with van der Waals surface area (Å²) in [5.74, 6) is 0.854. The van der Waals surface area contributed by atoms with Gasteiger partial charge < -0.3 is 4.74 Å². The Hall–Kier alpha value is -3.39. The second kappa shape index (κ2) is 7.31. The Balaban J connectivity index is 1.32. The molecule has 0 radical (unpaired) electrons. The van der Waals surface area contributed by atoms with Crippen molar-refractivity contribution in [2.45, 2.75) is 43.9 Å². The van der Waals surface area contributed by atoms with Gasteiger partial charge in [-0.25, -0.2) is 0 Å². The molecule has 8 rings (SSSR count). The maximum Gasteiger partial charge on any atom is 0.315 e. The third-order valence-electron chi connectivity index (χ3n) is 8.13. The average molecular weight is 431 g/mol. The van der Waals surface area contributed by atoms with Gasteiger partial charge in [-0.1, -0.05) is 72.8 Å². The van der Waals surface area contributed by atoms with Crippen molar-refractivity contribution in [1.29, 1.82) is 0 Å². The van der Waals surface area contributed by atoms with Gasteiger partial charge in [0.25, 0.3) is 0 Å². The predicted octanol–water partition coefficient (Wildman–Crippen LogP) is 6.92. The van der Waals surface area contributed by atoms with Crippen LogP contribution in [-0.4, -0.2) is 5.97 Å². The molecular formula is C31H26O2. The van der Waals surface area contributed by atoms with Crippen molar-refractivity contribution in [3.63, 3.8) is 0 Å². The summed E-state index contributed by atoms with van der Waals surface area (Å²) >= 11 is 0. The van der Waals surface area contributed by atoms with Gasteiger partial charge in [-0.3, -0.25) is 4.79 Å². The number of hydrogen-bond donors (Lipinski definition) is 0. The van der Waals surface area contributed by atoms with Crippen LogP contribution >= 0.6 is 0 Å². The quantitative estimate of drug-likeness (QED) is 0.255. The molecule has 0 aliphatic heterocycles. The zero-order chi connectivity index (χ0) is 21.9. The summed E-state index contributed by atoms with van der Waals surface area (Å²) in [5, 5.41) is 2.52. The predicted molar refractivity (Wildman–Crippen MR) is 131 cm³/mol. The lowest BCUT2D eigenvalue weighted by Crippen LogP contribution is -2.38. The number of ether oxygens (including phenoxy) is 1. The molecule has 0 spiro atoms. The van der Waals surface area contributed by atoms with Gasteiger partial charge in [0, 0.05) is 11.8 Å². The lowest BCUT2D eigenvalue weighted by atomic mass is 9.59. The van der Waals surface area contributed by atoms with Crippen molar-refractivity contribution in [3.8, 4) is 5.75 Å². The van der Waals surface area contributed by atoms with Crippen LogP contribution in [0.1, 0.15) is 64.5 Å². The number of carbonyl (C=O) groups excluding carboxylic acids is 1. The van der Waals surface area contributed by atoms with Crippen LogP contribution in [0.3, 0.4) is 0 Å². The molecule has 0 amide bonds. The molecule has 4 aromatic carbocycles. The summed E-state index contributed by atoms with van der Waals surface area (Å²) in [4.78, 5) is 13.7. The number of aryl methyl sites for hydroxylation is 1. The summed E-state index contributed by atoms with van der Waals surface area (Å²) in [6.45, 7) is 0. The fourth-order valence-corrected chi connectivity index (χ4v) is 6.63. The third-order valence-corrected chi connectivity index (χ3v) is 8.13. The van der Waals surface area contributed by atoms with Gasteiger partial charge in [-0.2, -0.15) is 0 Å². The number of fused-ring (bicyclic) bond motifs is 3. The Kier molecular flexibility index (Phi) is 4.24. The summed E-state index contributed by atoms with van der Waals surface area (Å²) in [6.07, 6.45) is 5.30. The van der Waals surface area contributed by atoms with Crippen LogP contribution in [0.25, 0.3) is 10.8 Å². The molecular weight excluding hydrogens is 404 g/mol. The molecule has 3 unspecified atom stereocenters. The van der Waals surface area contributed by atoms with Crippen molar-refractivity contribution >= 4 is 16.7 Å². The molecule has 4 aliphatic rings. The van der Waals surface area contributed by atoms with Crippen LogP contribution in [-0.2, 0) is 17.6 Å². The lowest BCUT2D eigenvalue weighted by Gasteiger charge is -2.44. The Morgan fingerprint density at radius 2 is 1.45 bits per heavy atom. The van der Waals surface area contributed by atoms with E-state index in [-0.39, 0.29) is 23.7 Å². The van der Waals surface area contributed by atoms with Gasteiger partial charge in [-0.05, 0) is 82.3 Å². The minimum atomic E-state index is -0.155. The molecule has 4 aliphatic carbocycles. The highest BCUT2D eigenvalue weighted by Crippen LogP contribution is 2.56. The summed E-state index contributed by atoms with van der Waals surface area (Å²) in [5.41, 5.74) is 7.96. The minimum absolute atomic E-state index is 0.0536. The first kappa shape index (κ1) is 19.1. The minimum Gasteiger partial charge on any atom is -0.426 e. The summed E-state index contributed by atoms with van der Waals surface area (Å²) < 4.78 is 6.18. The fourth-order valence-electron chi connectivity index (χ4n) is 6.63. The molecule has 0 heterocycles. The molecule has 0 saturated heterocycles. The largest absolute Gasteiger partial charge is 0.426 e. The van der Waals surface area contributed by atoms with E-state index >= 15 is 0 Å². The molecule has 0 aromatic heterocycles. The Morgan fingerprint density at radius 1 is 0.727 bits per heavy atom. The van der Waals surface area contributed by atoms with Gasteiger partial charge in [0.2, 0.25) is 0 Å². The number of benzene rings is 4. The Labute approximate surface area is 194 Å². The number of esters is 1. The van der Waals surface area contributed by atoms with E-state index in [4.69, 9.17) is 4.74 Å². The van der Waals surface area contributed by atoms with E-state index in [1.807, 2.05) is 12.1 Å². The first-order valence-corrected chi connectivity index (χ1v) is 12.2. The number of hydrogen-bond acceptors (Lipinski definition) is 2. The van der Waals surface area contributed by atoms with E-state index in [0.29, 0.717) is 0 Å². The maximum atomic E-state index is 13.7. The Morgan fingerprint density at radius 3 is 2.30 bits per heavy atom. The molecule has 2 heteroatoms. The van der Waals surface area contributed by atoms with E-state index in [9.17, 15) is 4.79 Å². The van der Waals surface area contributed by atoms with Gasteiger partial charge in [0.05, 0.1) is 5.92 Å².